The van der Waals surface area contributed by atoms with Crippen molar-refractivity contribution in [2.75, 3.05) is 32.1 Å². The van der Waals surface area contributed by atoms with Gasteiger partial charge in [-0.25, -0.2) is 4.79 Å². The van der Waals surface area contributed by atoms with Gasteiger partial charge in [0.25, 0.3) is 0 Å². The number of esters is 1. The molecule has 0 aromatic heterocycles. The first-order valence-electron chi connectivity index (χ1n) is 6.89. The smallest absolute Gasteiger partial charge is 0.337 e. The van der Waals surface area contributed by atoms with Gasteiger partial charge in [-0.15, -0.1) is 0 Å². The second-order valence-corrected chi connectivity index (χ2v) is 4.92. The van der Waals surface area contributed by atoms with E-state index in [0.29, 0.717) is 17.7 Å². The number of hydrogen-bond acceptors (Lipinski definition) is 4. The molecule has 5 heteroatoms. The van der Waals surface area contributed by atoms with Gasteiger partial charge in [0, 0.05) is 18.7 Å². The van der Waals surface area contributed by atoms with Gasteiger partial charge in [0.2, 0.25) is 5.91 Å². The quantitative estimate of drug-likeness (QED) is 0.834. The maximum Gasteiger partial charge on any atom is 0.337 e. The number of hydrogen-bond donors (Lipinski definition) is 1. The minimum atomic E-state index is -0.404. The van der Waals surface area contributed by atoms with Crippen molar-refractivity contribution < 1.29 is 14.3 Å². The Labute approximate surface area is 118 Å². The van der Waals surface area contributed by atoms with Gasteiger partial charge in [-0.2, -0.15) is 0 Å². The number of rotatable bonds is 5. The molecule has 1 aromatic rings. The van der Waals surface area contributed by atoms with E-state index in [1.807, 2.05) is 0 Å². The third kappa shape index (κ3) is 4.06. The Morgan fingerprint density at radius 1 is 1.30 bits per heavy atom. The molecule has 2 rings (SSSR count). The first kappa shape index (κ1) is 14.5. The number of nitrogens with one attached hydrogen (secondary N) is 1. The minimum absolute atomic E-state index is 0.0288. The van der Waals surface area contributed by atoms with Crippen LogP contribution in [0, 0.1) is 0 Å². The van der Waals surface area contributed by atoms with E-state index in [2.05, 4.69) is 15.0 Å². The summed E-state index contributed by atoms with van der Waals surface area (Å²) in [7, 11) is 1.34. The summed E-state index contributed by atoms with van der Waals surface area (Å²) in [6.45, 7) is 2.97. The summed E-state index contributed by atoms with van der Waals surface area (Å²) < 4.78 is 4.65. The molecule has 1 N–H and O–H groups in total. The molecule has 0 unspecified atom stereocenters. The lowest BCUT2D eigenvalue weighted by atomic mass is 10.2. The molecule has 1 fully saturated rings. The molecule has 1 heterocycles. The number of methoxy groups -OCH3 is 1. The third-order valence-corrected chi connectivity index (χ3v) is 3.42. The normalized spacial score (nSPS) is 15.1. The van der Waals surface area contributed by atoms with Gasteiger partial charge in [-0.3, -0.25) is 4.79 Å². The second-order valence-electron chi connectivity index (χ2n) is 4.92. The van der Waals surface area contributed by atoms with E-state index < -0.39 is 5.97 Å². The van der Waals surface area contributed by atoms with Gasteiger partial charge < -0.3 is 15.0 Å². The van der Waals surface area contributed by atoms with E-state index in [1.54, 1.807) is 24.3 Å². The van der Waals surface area contributed by atoms with E-state index in [0.717, 1.165) is 19.6 Å². The molecule has 0 saturated carbocycles. The summed E-state index contributed by atoms with van der Waals surface area (Å²) in [6.07, 6.45) is 2.92. The Balaban J connectivity index is 1.85. The largest absolute Gasteiger partial charge is 0.465 e. The fraction of sp³-hybridized carbons (Fsp3) is 0.467. The Hall–Kier alpha value is -1.88. The van der Waals surface area contributed by atoms with Crippen LogP contribution in [0.5, 0.6) is 0 Å². The first-order chi connectivity index (χ1) is 9.69. The topological polar surface area (TPSA) is 58.6 Å². The molecule has 5 nitrogen and oxygen atoms in total. The Morgan fingerprint density at radius 3 is 2.75 bits per heavy atom. The standard InChI is InChI=1S/C15H20N2O3/c1-20-15(19)12-5-4-6-13(11-12)16-14(18)7-10-17-8-2-3-9-17/h4-6,11H,2-3,7-10H2,1H3,(H,16,18). The molecule has 1 aliphatic heterocycles. The lowest BCUT2D eigenvalue weighted by molar-refractivity contribution is -0.116. The lowest BCUT2D eigenvalue weighted by Gasteiger charge is -2.14. The Morgan fingerprint density at radius 2 is 2.05 bits per heavy atom. The summed E-state index contributed by atoms with van der Waals surface area (Å²) in [5, 5.41) is 2.81. The molecule has 0 aliphatic carbocycles. The first-order valence-corrected chi connectivity index (χ1v) is 6.89. The van der Waals surface area contributed by atoms with Crippen LogP contribution in [-0.2, 0) is 9.53 Å². The molecule has 1 aliphatic rings. The number of anilines is 1. The molecule has 1 saturated heterocycles. The van der Waals surface area contributed by atoms with Crippen molar-refractivity contribution in [1.82, 2.24) is 4.90 Å². The zero-order valence-electron chi connectivity index (χ0n) is 11.7. The highest BCUT2D eigenvalue weighted by molar-refractivity contribution is 5.94. The van der Waals surface area contributed by atoms with Gasteiger partial charge >= 0.3 is 5.97 Å². The third-order valence-electron chi connectivity index (χ3n) is 3.42. The molecular formula is C15H20N2O3. The van der Waals surface area contributed by atoms with E-state index in [4.69, 9.17) is 0 Å². The van der Waals surface area contributed by atoms with Gasteiger partial charge in [-0.05, 0) is 44.1 Å². The van der Waals surface area contributed by atoms with Crippen LogP contribution in [0.1, 0.15) is 29.6 Å². The fourth-order valence-corrected chi connectivity index (χ4v) is 2.33. The number of carbonyl (C=O) groups excluding carboxylic acids is 2. The van der Waals surface area contributed by atoms with Gasteiger partial charge in [0.05, 0.1) is 12.7 Å². The van der Waals surface area contributed by atoms with Crippen molar-refractivity contribution >= 4 is 17.6 Å². The van der Waals surface area contributed by atoms with Crippen LogP contribution in [-0.4, -0.2) is 43.5 Å². The van der Waals surface area contributed by atoms with E-state index in [1.165, 1.54) is 20.0 Å². The molecule has 0 spiro atoms. The average Bonchev–Trinajstić information content (AvgIpc) is 2.98. The number of amides is 1. The molecule has 108 valence electrons. The van der Waals surface area contributed by atoms with Gasteiger partial charge in [-0.1, -0.05) is 6.07 Å². The molecule has 20 heavy (non-hydrogen) atoms. The van der Waals surface area contributed by atoms with Crippen LogP contribution in [0.3, 0.4) is 0 Å². The number of carbonyl (C=O) groups is 2. The van der Waals surface area contributed by atoms with Crippen molar-refractivity contribution in [3.05, 3.63) is 29.8 Å². The second kappa shape index (κ2) is 7.05. The average molecular weight is 276 g/mol. The predicted octanol–water partition coefficient (Wildman–Crippen LogP) is 1.90. The van der Waals surface area contributed by atoms with Gasteiger partial charge in [0.1, 0.15) is 0 Å². The zero-order chi connectivity index (χ0) is 14.4. The summed E-state index contributed by atoms with van der Waals surface area (Å²) in [6, 6.07) is 6.77. The summed E-state index contributed by atoms with van der Waals surface area (Å²) in [4.78, 5) is 25.6. The fourth-order valence-electron chi connectivity index (χ4n) is 2.33. The van der Waals surface area contributed by atoms with Crippen LogP contribution in [0.4, 0.5) is 5.69 Å². The van der Waals surface area contributed by atoms with Crippen molar-refractivity contribution in [3.63, 3.8) is 0 Å². The molecule has 0 radical (unpaired) electrons. The monoisotopic (exact) mass is 276 g/mol. The van der Waals surface area contributed by atoms with Crippen molar-refractivity contribution in [2.24, 2.45) is 0 Å². The summed E-state index contributed by atoms with van der Waals surface area (Å²) >= 11 is 0. The maximum atomic E-state index is 11.9. The van der Waals surface area contributed by atoms with Gasteiger partial charge in [0.15, 0.2) is 0 Å². The molecular weight excluding hydrogens is 256 g/mol. The minimum Gasteiger partial charge on any atom is -0.465 e. The van der Waals surface area contributed by atoms with E-state index in [-0.39, 0.29) is 5.91 Å². The molecule has 0 bridgehead atoms. The molecule has 1 aromatic carbocycles. The number of benzene rings is 1. The number of likely N-dealkylation sites (tertiary alicyclic amines) is 1. The van der Waals surface area contributed by atoms with Crippen molar-refractivity contribution in [1.29, 1.82) is 0 Å². The zero-order valence-corrected chi connectivity index (χ0v) is 11.7. The summed E-state index contributed by atoms with van der Waals surface area (Å²) in [5.41, 5.74) is 1.06. The van der Waals surface area contributed by atoms with Crippen LogP contribution < -0.4 is 5.32 Å². The molecule has 1 amide bonds. The van der Waals surface area contributed by atoms with Crippen LogP contribution in [0.25, 0.3) is 0 Å². The van der Waals surface area contributed by atoms with Crippen LogP contribution in [0.15, 0.2) is 24.3 Å². The van der Waals surface area contributed by atoms with Crippen molar-refractivity contribution in [3.8, 4) is 0 Å². The SMILES string of the molecule is COC(=O)c1cccc(NC(=O)CCN2CCCC2)c1. The van der Waals surface area contributed by atoms with E-state index >= 15 is 0 Å². The Bertz CT molecular complexity index is 482. The number of nitrogens with zero attached hydrogens (tertiary/aromatic N) is 1. The molecule has 0 atom stereocenters. The lowest BCUT2D eigenvalue weighted by Crippen LogP contribution is -2.25. The maximum absolute atomic E-state index is 11.9. The predicted molar refractivity (Wildman–Crippen MR) is 76.7 cm³/mol. The highest BCUT2D eigenvalue weighted by atomic mass is 16.5. The van der Waals surface area contributed by atoms with Crippen LogP contribution in [0.2, 0.25) is 0 Å². The van der Waals surface area contributed by atoms with Crippen LogP contribution >= 0.6 is 0 Å². The highest BCUT2D eigenvalue weighted by Gasteiger charge is 2.13. The van der Waals surface area contributed by atoms with E-state index in [9.17, 15) is 9.59 Å². The summed E-state index contributed by atoms with van der Waals surface area (Å²) in [5.74, 6) is -0.433. The van der Waals surface area contributed by atoms with Crippen molar-refractivity contribution in [2.45, 2.75) is 19.3 Å². The number of ether oxygens (including phenoxy) is 1. The highest BCUT2D eigenvalue weighted by Crippen LogP contribution is 2.12. The Kier molecular flexibility index (Phi) is 5.12.